The number of hydrogen-bond acceptors (Lipinski definition) is 3. The van der Waals surface area contributed by atoms with Crippen LogP contribution in [-0.4, -0.2) is 21.6 Å². The molecule has 0 radical (unpaired) electrons. The number of phenolic OH excluding ortho intramolecular Hbond substituents is 1. The lowest BCUT2D eigenvalue weighted by Crippen LogP contribution is -2.39. The molecular formula is C15H18O3. The smallest absolute Gasteiger partial charge is 0.187 e. The number of rotatable bonds is 3. The van der Waals surface area contributed by atoms with Crippen molar-refractivity contribution in [2.45, 2.75) is 37.7 Å². The summed E-state index contributed by atoms with van der Waals surface area (Å²) in [5.74, 6) is -0.0142. The fourth-order valence-corrected chi connectivity index (χ4v) is 2.30. The van der Waals surface area contributed by atoms with E-state index in [0.717, 1.165) is 24.8 Å². The van der Waals surface area contributed by atoms with E-state index in [2.05, 4.69) is 0 Å². The first kappa shape index (κ1) is 12.8. The van der Waals surface area contributed by atoms with Crippen molar-refractivity contribution in [1.82, 2.24) is 0 Å². The Morgan fingerprint density at radius 3 is 2.33 bits per heavy atom. The predicted octanol–water partition coefficient (Wildman–Crippen LogP) is 2.67. The zero-order valence-electron chi connectivity index (χ0n) is 10.3. The largest absolute Gasteiger partial charge is 0.508 e. The fraction of sp³-hybridized carbons (Fsp3) is 0.400. The molecule has 1 aliphatic rings. The number of benzene rings is 1. The van der Waals surface area contributed by atoms with Crippen molar-refractivity contribution in [2.24, 2.45) is 0 Å². The summed E-state index contributed by atoms with van der Waals surface area (Å²) in [6.07, 6.45) is 7.16. The summed E-state index contributed by atoms with van der Waals surface area (Å²) in [5.41, 5.74) is -0.327. The quantitative estimate of drug-likeness (QED) is 0.806. The van der Waals surface area contributed by atoms with Gasteiger partial charge in [-0.15, -0.1) is 0 Å². The minimum atomic E-state index is -1.16. The molecule has 0 aliphatic heterocycles. The number of carbonyl (C=O) groups excluding carboxylic acids is 1. The van der Waals surface area contributed by atoms with E-state index in [1.807, 2.05) is 0 Å². The molecule has 0 saturated heterocycles. The molecule has 18 heavy (non-hydrogen) atoms. The highest BCUT2D eigenvalue weighted by Gasteiger charge is 2.34. The van der Waals surface area contributed by atoms with E-state index in [0.29, 0.717) is 12.8 Å². The number of phenols is 1. The number of hydrogen-bond donors (Lipinski definition) is 2. The Labute approximate surface area is 107 Å². The Kier molecular flexibility index (Phi) is 3.82. The molecule has 1 aromatic rings. The van der Waals surface area contributed by atoms with Crippen LogP contribution in [-0.2, 0) is 4.79 Å². The van der Waals surface area contributed by atoms with Crippen LogP contribution in [0.5, 0.6) is 5.75 Å². The van der Waals surface area contributed by atoms with Crippen molar-refractivity contribution < 1.29 is 15.0 Å². The molecular weight excluding hydrogens is 228 g/mol. The first-order valence-corrected chi connectivity index (χ1v) is 6.34. The zero-order valence-corrected chi connectivity index (χ0v) is 10.3. The second-order valence-corrected chi connectivity index (χ2v) is 4.88. The van der Waals surface area contributed by atoms with Gasteiger partial charge in [-0.1, -0.05) is 37.5 Å². The highest BCUT2D eigenvalue weighted by molar-refractivity contribution is 5.99. The highest BCUT2D eigenvalue weighted by atomic mass is 16.3. The topological polar surface area (TPSA) is 57.5 Å². The summed E-state index contributed by atoms with van der Waals surface area (Å²) in [5, 5.41) is 19.4. The van der Waals surface area contributed by atoms with E-state index >= 15 is 0 Å². The van der Waals surface area contributed by atoms with Gasteiger partial charge in [-0.2, -0.15) is 0 Å². The van der Waals surface area contributed by atoms with Crippen LogP contribution in [0, 0.1) is 0 Å². The summed E-state index contributed by atoms with van der Waals surface area (Å²) in [4.78, 5) is 12.0. The van der Waals surface area contributed by atoms with Gasteiger partial charge in [0.2, 0.25) is 0 Å². The molecule has 1 saturated carbocycles. The third-order valence-corrected chi connectivity index (χ3v) is 3.46. The molecule has 1 fully saturated rings. The molecule has 0 bridgehead atoms. The Morgan fingerprint density at radius 1 is 1.11 bits per heavy atom. The lowest BCUT2D eigenvalue weighted by atomic mass is 9.81. The van der Waals surface area contributed by atoms with Crippen molar-refractivity contribution >= 4 is 11.9 Å². The third kappa shape index (κ3) is 2.99. The average molecular weight is 246 g/mol. The van der Waals surface area contributed by atoms with Crippen LogP contribution in [0.3, 0.4) is 0 Å². The lowest BCUT2D eigenvalue weighted by Gasteiger charge is -2.29. The fourth-order valence-electron chi connectivity index (χ4n) is 2.30. The predicted molar refractivity (Wildman–Crippen MR) is 70.2 cm³/mol. The van der Waals surface area contributed by atoms with E-state index in [9.17, 15) is 9.90 Å². The Hall–Kier alpha value is -1.61. The van der Waals surface area contributed by atoms with Gasteiger partial charge in [0.05, 0.1) is 0 Å². The summed E-state index contributed by atoms with van der Waals surface area (Å²) in [6.45, 7) is 0. The summed E-state index contributed by atoms with van der Waals surface area (Å²) in [7, 11) is 0. The van der Waals surface area contributed by atoms with E-state index in [1.165, 1.54) is 6.08 Å². The first-order valence-electron chi connectivity index (χ1n) is 6.34. The third-order valence-electron chi connectivity index (χ3n) is 3.46. The minimum absolute atomic E-state index is 0.199. The van der Waals surface area contributed by atoms with Crippen LogP contribution in [0.2, 0.25) is 0 Å². The van der Waals surface area contributed by atoms with E-state index < -0.39 is 5.60 Å². The molecule has 3 heteroatoms. The van der Waals surface area contributed by atoms with Gasteiger partial charge >= 0.3 is 0 Å². The van der Waals surface area contributed by atoms with E-state index in [4.69, 9.17) is 5.11 Å². The van der Waals surface area contributed by atoms with Crippen LogP contribution in [0.4, 0.5) is 0 Å². The Bertz CT molecular complexity index is 439. The van der Waals surface area contributed by atoms with Crippen molar-refractivity contribution in [3.8, 4) is 5.75 Å². The number of ketones is 1. The summed E-state index contributed by atoms with van der Waals surface area (Å²) in [6, 6.07) is 6.59. The second-order valence-electron chi connectivity index (χ2n) is 4.88. The zero-order chi connectivity index (χ0) is 13.0. The van der Waals surface area contributed by atoms with Crippen LogP contribution < -0.4 is 0 Å². The lowest BCUT2D eigenvalue weighted by molar-refractivity contribution is -0.135. The molecule has 1 aliphatic carbocycles. The molecule has 0 amide bonds. The van der Waals surface area contributed by atoms with Gasteiger partial charge in [0.25, 0.3) is 0 Å². The van der Waals surface area contributed by atoms with Gasteiger partial charge in [-0.3, -0.25) is 4.79 Å². The maximum atomic E-state index is 12.0. The van der Waals surface area contributed by atoms with Crippen molar-refractivity contribution in [2.75, 3.05) is 0 Å². The van der Waals surface area contributed by atoms with Crippen LogP contribution in [0.15, 0.2) is 30.3 Å². The molecule has 0 atom stereocenters. The molecule has 2 rings (SSSR count). The first-order chi connectivity index (χ1) is 8.60. The van der Waals surface area contributed by atoms with Gasteiger partial charge in [0.1, 0.15) is 11.4 Å². The highest BCUT2D eigenvalue weighted by Crippen LogP contribution is 2.29. The second kappa shape index (κ2) is 5.36. The molecule has 96 valence electrons. The number of aromatic hydroxyl groups is 1. The standard InChI is InChI=1S/C15H18O3/c16-13-7-4-12(5-8-13)6-9-14(17)15(18)10-2-1-3-11-15/h4-9,16,18H,1-3,10-11H2/b9-6+. The van der Waals surface area contributed by atoms with Gasteiger partial charge in [-0.05, 0) is 36.6 Å². The molecule has 2 N–H and O–H groups in total. The van der Waals surface area contributed by atoms with Crippen molar-refractivity contribution in [1.29, 1.82) is 0 Å². The normalized spacial score (nSPS) is 18.9. The molecule has 3 nitrogen and oxygen atoms in total. The van der Waals surface area contributed by atoms with Crippen LogP contribution >= 0.6 is 0 Å². The summed E-state index contributed by atoms with van der Waals surface area (Å²) < 4.78 is 0. The molecule has 1 aromatic carbocycles. The SMILES string of the molecule is O=C(/C=C/c1ccc(O)cc1)C1(O)CCCCC1. The van der Waals surface area contributed by atoms with Crippen molar-refractivity contribution in [3.63, 3.8) is 0 Å². The number of aliphatic hydroxyl groups is 1. The van der Waals surface area contributed by atoms with E-state index in [1.54, 1.807) is 30.3 Å². The van der Waals surface area contributed by atoms with Crippen LogP contribution in [0.1, 0.15) is 37.7 Å². The molecule has 0 aromatic heterocycles. The maximum Gasteiger partial charge on any atom is 0.187 e. The average Bonchev–Trinajstić information content (AvgIpc) is 2.38. The Morgan fingerprint density at radius 2 is 1.72 bits per heavy atom. The Balaban J connectivity index is 2.04. The van der Waals surface area contributed by atoms with Crippen molar-refractivity contribution in [3.05, 3.63) is 35.9 Å². The van der Waals surface area contributed by atoms with Gasteiger partial charge in [0.15, 0.2) is 5.78 Å². The molecule has 0 unspecified atom stereocenters. The molecule has 0 heterocycles. The maximum absolute atomic E-state index is 12.0. The van der Waals surface area contributed by atoms with Gasteiger partial charge in [0, 0.05) is 0 Å². The number of carbonyl (C=O) groups is 1. The monoisotopic (exact) mass is 246 g/mol. The van der Waals surface area contributed by atoms with E-state index in [-0.39, 0.29) is 11.5 Å². The molecule has 0 spiro atoms. The van der Waals surface area contributed by atoms with Gasteiger partial charge in [-0.25, -0.2) is 0 Å². The summed E-state index contributed by atoms with van der Waals surface area (Å²) >= 11 is 0. The minimum Gasteiger partial charge on any atom is -0.508 e. The van der Waals surface area contributed by atoms with Crippen LogP contribution in [0.25, 0.3) is 6.08 Å². The van der Waals surface area contributed by atoms with Gasteiger partial charge < -0.3 is 10.2 Å².